The lowest BCUT2D eigenvalue weighted by Gasteiger charge is -2.10. The van der Waals surface area contributed by atoms with Crippen LogP contribution >= 0.6 is 11.8 Å². The van der Waals surface area contributed by atoms with Crippen LogP contribution in [0.15, 0.2) is 40.5 Å². The van der Waals surface area contributed by atoms with Gasteiger partial charge in [-0.1, -0.05) is 37.2 Å². The predicted octanol–water partition coefficient (Wildman–Crippen LogP) is 3.47. The zero-order valence-corrected chi connectivity index (χ0v) is 12.5. The van der Waals surface area contributed by atoms with E-state index in [2.05, 4.69) is 24.0 Å². The third kappa shape index (κ3) is 3.42. The monoisotopic (exact) mass is 289 g/mol. The number of pyridine rings is 1. The molecule has 1 heterocycles. The van der Waals surface area contributed by atoms with Crippen molar-refractivity contribution in [1.82, 2.24) is 4.98 Å². The third-order valence-electron chi connectivity index (χ3n) is 3.01. The molecule has 0 amide bonds. The van der Waals surface area contributed by atoms with Crippen molar-refractivity contribution >= 4 is 28.5 Å². The van der Waals surface area contributed by atoms with E-state index < -0.39 is 0 Å². The van der Waals surface area contributed by atoms with Gasteiger partial charge in [0.2, 0.25) is 0 Å². The molecule has 0 aliphatic rings. The highest BCUT2D eigenvalue weighted by Crippen LogP contribution is 2.26. The van der Waals surface area contributed by atoms with Gasteiger partial charge in [-0.3, -0.25) is 0 Å². The van der Waals surface area contributed by atoms with Crippen molar-refractivity contribution in [2.75, 3.05) is 5.75 Å². The van der Waals surface area contributed by atoms with Crippen LogP contribution < -0.4 is 5.73 Å². The van der Waals surface area contributed by atoms with Gasteiger partial charge in [-0.25, -0.2) is 4.98 Å². The average molecular weight is 289 g/mol. The highest BCUT2D eigenvalue weighted by molar-refractivity contribution is 7.99. The minimum atomic E-state index is 0.107. The molecule has 0 saturated heterocycles. The van der Waals surface area contributed by atoms with Crippen LogP contribution in [-0.2, 0) is 0 Å². The Morgan fingerprint density at radius 1 is 1.40 bits per heavy atom. The zero-order chi connectivity index (χ0) is 14.5. The van der Waals surface area contributed by atoms with E-state index in [1.807, 2.05) is 30.3 Å². The van der Waals surface area contributed by atoms with Gasteiger partial charge in [-0.05, 0) is 30.2 Å². The molecule has 106 valence electrons. The zero-order valence-electron chi connectivity index (χ0n) is 11.7. The second kappa shape index (κ2) is 6.61. The summed E-state index contributed by atoms with van der Waals surface area (Å²) in [4.78, 5) is 4.63. The Morgan fingerprint density at radius 3 is 2.85 bits per heavy atom. The number of aromatic nitrogens is 1. The summed E-state index contributed by atoms with van der Waals surface area (Å²) < 4.78 is 0. The van der Waals surface area contributed by atoms with E-state index in [4.69, 9.17) is 10.9 Å². The Morgan fingerprint density at radius 2 is 2.15 bits per heavy atom. The first-order chi connectivity index (χ1) is 9.61. The van der Waals surface area contributed by atoms with Crippen molar-refractivity contribution in [3.63, 3.8) is 0 Å². The van der Waals surface area contributed by atoms with Gasteiger partial charge < -0.3 is 10.9 Å². The summed E-state index contributed by atoms with van der Waals surface area (Å²) >= 11 is 1.65. The summed E-state index contributed by atoms with van der Waals surface area (Å²) in [6.07, 6.45) is 1.11. The SMILES string of the molecule is CC(C)CCSc1nc2ccccc2cc1/C(N)=N/O. The summed E-state index contributed by atoms with van der Waals surface area (Å²) in [7, 11) is 0. The minimum absolute atomic E-state index is 0.107. The Kier molecular flexibility index (Phi) is 4.84. The number of fused-ring (bicyclic) bond motifs is 1. The second-order valence-electron chi connectivity index (χ2n) is 5.05. The molecule has 0 radical (unpaired) electrons. The van der Waals surface area contributed by atoms with Crippen LogP contribution in [0.3, 0.4) is 0 Å². The van der Waals surface area contributed by atoms with E-state index in [1.165, 1.54) is 0 Å². The molecular formula is C15H19N3OS. The standard InChI is InChI=1S/C15H19N3OS/c1-10(2)7-8-20-15-12(14(16)18-19)9-11-5-3-4-6-13(11)17-15/h3-6,9-10,19H,7-8H2,1-2H3,(H2,16,18). The van der Waals surface area contributed by atoms with E-state index in [9.17, 15) is 0 Å². The van der Waals surface area contributed by atoms with Crippen molar-refractivity contribution < 1.29 is 5.21 Å². The maximum Gasteiger partial charge on any atom is 0.172 e. The molecule has 0 aliphatic carbocycles. The first-order valence-electron chi connectivity index (χ1n) is 6.62. The number of amidine groups is 1. The van der Waals surface area contributed by atoms with Crippen molar-refractivity contribution in [3.8, 4) is 0 Å². The Hall–Kier alpha value is -1.75. The van der Waals surface area contributed by atoms with Crippen LogP contribution in [0.2, 0.25) is 0 Å². The van der Waals surface area contributed by atoms with Gasteiger partial charge in [-0.2, -0.15) is 0 Å². The molecule has 1 aromatic heterocycles. The molecule has 2 aromatic rings. The van der Waals surface area contributed by atoms with E-state index in [1.54, 1.807) is 11.8 Å². The third-order valence-corrected chi connectivity index (χ3v) is 4.03. The second-order valence-corrected chi connectivity index (χ2v) is 6.13. The maximum absolute atomic E-state index is 8.92. The first kappa shape index (κ1) is 14.7. The molecule has 3 N–H and O–H groups in total. The average Bonchev–Trinajstić information content (AvgIpc) is 2.45. The van der Waals surface area contributed by atoms with Crippen LogP contribution in [0.1, 0.15) is 25.8 Å². The molecule has 0 bridgehead atoms. The van der Waals surface area contributed by atoms with Crippen molar-refractivity contribution in [3.05, 3.63) is 35.9 Å². The summed E-state index contributed by atoms with van der Waals surface area (Å²) in [5.74, 6) is 1.72. The quantitative estimate of drug-likeness (QED) is 0.291. The molecule has 0 atom stereocenters. The van der Waals surface area contributed by atoms with E-state index >= 15 is 0 Å². The molecule has 1 aromatic carbocycles. The lowest BCUT2D eigenvalue weighted by Crippen LogP contribution is -2.15. The van der Waals surface area contributed by atoms with E-state index in [0.29, 0.717) is 11.5 Å². The van der Waals surface area contributed by atoms with Crippen LogP contribution in [0.4, 0.5) is 0 Å². The fourth-order valence-corrected chi connectivity index (χ4v) is 3.10. The number of hydrogen-bond acceptors (Lipinski definition) is 4. The maximum atomic E-state index is 8.92. The first-order valence-corrected chi connectivity index (χ1v) is 7.61. The van der Waals surface area contributed by atoms with Gasteiger partial charge in [-0.15, -0.1) is 11.8 Å². The van der Waals surface area contributed by atoms with Gasteiger partial charge >= 0.3 is 0 Å². The normalized spacial score (nSPS) is 12.2. The summed E-state index contributed by atoms with van der Waals surface area (Å²) in [5.41, 5.74) is 7.38. The molecule has 5 heteroatoms. The lowest BCUT2D eigenvalue weighted by atomic mass is 10.1. The molecule has 0 fully saturated rings. The number of oxime groups is 1. The minimum Gasteiger partial charge on any atom is -0.409 e. The molecule has 0 aliphatic heterocycles. The molecular weight excluding hydrogens is 270 g/mol. The smallest absolute Gasteiger partial charge is 0.172 e. The number of thioether (sulfide) groups is 1. The fourth-order valence-electron chi connectivity index (χ4n) is 1.84. The lowest BCUT2D eigenvalue weighted by molar-refractivity contribution is 0.318. The van der Waals surface area contributed by atoms with Crippen molar-refractivity contribution in [1.29, 1.82) is 0 Å². The van der Waals surface area contributed by atoms with Crippen LogP contribution in [-0.4, -0.2) is 21.8 Å². The van der Waals surface area contributed by atoms with Crippen LogP contribution in [0.5, 0.6) is 0 Å². The van der Waals surface area contributed by atoms with Crippen molar-refractivity contribution in [2.45, 2.75) is 25.3 Å². The van der Waals surface area contributed by atoms with Gasteiger partial charge in [0.15, 0.2) is 5.84 Å². The Labute approximate surface area is 123 Å². The summed E-state index contributed by atoms with van der Waals surface area (Å²) in [6.45, 7) is 4.39. The van der Waals surface area contributed by atoms with Gasteiger partial charge in [0.25, 0.3) is 0 Å². The largest absolute Gasteiger partial charge is 0.409 e. The van der Waals surface area contributed by atoms with Crippen LogP contribution in [0.25, 0.3) is 10.9 Å². The topological polar surface area (TPSA) is 71.5 Å². The number of hydrogen-bond donors (Lipinski definition) is 2. The highest BCUT2D eigenvalue weighted by atomic mass is 32.2. The molecule has 4 nitrogen and oxygen atoms in total. The molecule has 20 heavy (non-hydrogen) atoms. The highest BCUT2D eigenvalue weighted by Gasteiger charge is 2.11. The number of benzene rings is 1. The predicted molar refractivity (Wildman–Crippen MR) is 84.4 cm³/mol. The van der Waals surface area contributed by atoms with Gasteiger partial charge in [0, 0.05) is 5.39 Å². The molecule has 0 spiro atoms. The molecule has 2 rings (SSSR count). The van der Waals surface area contributed by atoms with Gasteiger partial charge in [0.05, 0.1) is 11.1 Å². The van der Waals surface area contributed by atoms with Crippen LogP contribution in [0, 0.1) is 5.92 Å². The van der Waals surface area contributed by atoms with Gasteiger partial charge in [0.1, 0.15) is 5.03 Å². The Balaban J connectivity index is 2.38. The number of nitrogens with two attached hydrogens (primary N) is 1. The number of nitrogens with zero attached hydrogens (tertiary/aromatic N) is 2. The molecule has 0 unspecified atom stereocenters. The molecule has 0 saturated carbocycles. The Bertz CT molecular complexity index is 626. The fraction of sp³-hybridized carbons (Fsp3) is 0.333. The van der Waals surface area contributed by atoms with E-state index in [-0.39, 0.29) is 5.84 Å². The summed E-state index contributed by atoms with van der Waals surface area (Å²) in [5, 5.41) is 13.8. The van der Waals surface area contributed by atoms with E-state index in [0.717, 1.165) is 28.1 Å². The number of para-hydroxylation sites is 1. The van der Waals surface area contributed by atoms with Crippen molar-refractivity contribution in [2.24, 2.45) is 16.8 Å². The number of rotatable bonds is 5. The summed E-state index contributed by atoms with van der Waals surface area (Å²) in [6, 6.07) is 9.78.